The lowest BCUT2D eigenvalue weighted by atomic mass is 10.1. The predicted molar refractivity (Wildman–Crippen MR) is 65.6 cm³/mol. The van der Waals surface area contributed by atoms with Crippen LogP contribution in [0.1, 0.15) is 18.5 Å². The topological polar surface area (TPSA) is 92.1 Å². The van der Waals surface area contributed by atoms with E-state index in [1.54, 1.807) is 18.2 Å². The lowest BCUT2D eigenvalue weighted by Crippen LogP contribution is -2.34. The van der Waals surface area contributed by atoms with Crippen molar-refractivity contribution in [2.45, 2.75) is 19.4 Å². The number of ether oxygens (including phenoxy) is 1. The van der Waals surface area contributed by atoms with Crippen LogP contribution in [0.25, 0.3) is 0 Å². The number of carbonyl (C=O) groups excluding carboxylic acids is 1. The van der Waals surface area contributed by atoms with Crippen LogP contribution in [0.15, 0.2) is 23.3 Å². The number of hydrogen-bond acceptors (Lipinski definition) is 5. The molecule has 2 rings (SSSR count). The van der Waals surface area contributed by atoms with Gasteiger partial charge in [-0.05, 0) is 6.07 Å². The molecule has 1 aromatic heterocycles. The molecule has 1 amide bonds. The molecule has 1 aliphatic heterocycles. The Labute approximate surface area is 109 Å². The Morgan fingerprint density at radius 3 is 2.95 bits per heavy atom. The molecule has 1 N–H and O–H groups in total. The van der Waals surface area contributed by atoms with E-state index in [4.69, 9.17) is 9.84 Å². The Bertz CT molecular complexity index is 542. The Balaban J connectivity index is 2.18. The maximum Gasteiger partial charge on any atom is 0.352 e. The second kappa shape index (κ2) is 5.47. The van der Waals surface area contributed by atoms with Gasteiger partial charge in [0.05, 0.1) is 19.3 Å². The van der Waals surface area contributed by atoms with Crippen LogP contribution in [0.3, 0.4) is 0 Å². The van der Waals surface area contributed by atoms with E-state index in [2.05, 4.69) is 10.1 Å². The quantitative estimate of drug-likeness (QED) is 0.861. The van der Waals surface area contributed by atoms with Gasteiger partial charge in [0.25, 0.3) is 0 Å². The standard InChI is InChI=1S/C12H13N3O4/c1-19-10-4-2-3-8(13-10)7-15-11(16)6-5-9(14-15)12(17)18/h2-4H,5-7H2,1H3,(H,17,18). The smallest absolute Gasteiger partial charge is 0.352 e. The van der Waals surface area contributed by atoms with Gasteiger partial charge in [-0.15, -0.1) is 0 Å². The molecule has 1 aromatic rings. The fourth-order valence-electron chi connectivity index (χ4n) is 1.69. The molecule has 0 radical (unpaired) electrons. The van der Waals surface area contributed by atoms with E-state index in [-0.39, 0.29) is 31.0 Å². The molecule has 0 unspecified atom stereocenters. The van der Waals surface area contributed by atoms with Crippen molar-refractivity contribution >= 4 is 17.6 Å². The zero-order valence-electron chi connectivity index (χ0n) is 10.4. The van der Waals surface area contributed by atoms with Crippen molar-refractivity contribution in [3.63, 3.8) is 0 Å². The predicted octanol–water partition coefficient (Wildman–Crippen LogP) is 0.653. The van der Waals surface area contributed by atoms with Gasteiger partial charge in [0.2, 0.25) is 11.8 Å². The molecule has 0 spiro atoms. The van der Waals surface area contributed by atoms with Crippen molar-refractivity contribution in [1.82, 2.24) is 9.99 Å². The molecule has 7 heteroatoms. The second-order valence-electron chi connectivity index (χ2n) is 3.97. The summed E-state index contributed by atoms with van der Waals surface area (Å²) in [6.07, 6.45) is 0.311. The van der Waals surface area contributed by atoms with E-state index >= 15 is 0 Å². The number of hydrogen-bond donors (Lipinski definition) is 1. The molecule has 0 atom stereocenters. The fraction of sp³-hybridized carbons (Fsp3) is 0.333. The fourth-order valence-corrected chi connectivity index (χ4v) is 1.69. The number of pyridine rings is 1. The number of hydrazone groups is 1. The zero-order chi connectivity index (χ0) is 13.8. The van der Waals surface area contributed by atoms with Gasteiger partial charge >= 0.3 is 5.97 Å². The minimum absolute atomic E-state index is 0.0116. The normalized spacial score (nSPS) is 15.1. The Kier molecular flexibility index (Phi) is 3.74. The summed E-state index contributed by atoms with van der Waals surface area (Å²) in [5.41, 5.74) is 0.575. The summed E-state index contributed by atoms with van der Waals surface area (Å²) in [6.45, 7) is 0.132. The van der Waals surface area contributed by atoms with Crippen LogP contribution in [0.2, 0.25) is 0 Å². The number of aromatic nitrogens is 1. The highest BCUT2D eigenvalue weighted by molar-refractivity contribution is 6.36. The first-order valence-corrected chi connectivity index (χ1v) is 5.71. The molecule has 7 nitrogen and oxygen atoms in total. The van der Waals surface area contributed by atoms with Gasteiger partial charge in [-0.1, -0.05) is 6.07 Å². The highest BCUT2D eigenvalue weighted by atomic mass is 16.5. The van der Waals surface area contributed by atoms with E-state index in [1.807, 2.05) is 0 Å². The van der Waals surface area contributed by atoms with Crippen molar-refractivity contribution in [1.29, 1.82) is 0 Å². The molecular formula is C12H13N3O4. The third kappa shape index (κ3) is 3.06. The van der Waals surface area contributed by atoms with Gasteiger partial charge in [0.15, 0.2) is 0 Å². The van der Waals surface area contributed by atoms with Gasteiger partial charge in [-0.3, -0.25) is 4.79 Å². The molecule has 0 bridgehead atoms. The minimum atomic E-state index is -1.10. The monoisotopic (exact) mass is 263 g/mol. The van der Waals surface area contributed by atoms with Crippen LogP contribution in [-0.4, -0.2) is 39.8 Å². The first-order chi connectivity index (χ1) is 9.10. The number of carboxylic acid groups (broad SMARTS) is 1. The number of aliphatic carboxylic acids is 1. The van der Waals surface area contributed by atoms with Gasteiger partial charge < -0.3 is 9.84 Å². The molecule has 1 aliphatic rings. The number of carbonyl (C=O) groups is 2. The molecule has 0 saturated carbocycles. The van der Waals surface area contributed by atoms with E-state index < -0.39 is 5.97 Å². The zero-order valence-corrected chi connectivity index (χ0v) is 10.4. The van der Waals surface area contributed by atoms with E-state index in [9.17, 15) is 9.59 Å². The van der Waals surface area contributed by atoms with E-state index in [0.29, 0.717) is 11.6 Å². The van der Waals surface area contributed by atoms with Gasteiger partial charge in [-0.25, -0.2) is 14.8 Å². The molecule has 0 aromatic carbocycles. The summed E-state index contributed by atoms with van der Waals surface area (Å²) in [7, 11) is 1.50. The SMILES string of the molecule is COc1cccc(CN2N=C(C(=O)O)CCC2=O)n1. The summed E-state index contributed by atoms with van der Waals surface area (Å²) >= 11 is 0. The van der Waals surface area contributed by atoms with Crippen molar-refractivity contribution in [3.8, 4) is 5.88 Å². The summed E-state index contributed by atoms with van der Waals surface area (Å²) in [5.74, 6) is -0.880. The maximum absolute atomic E-state index is 11.7. The van der Waals surface area contributed by atoms with Crippen molar-refractivity contribution in [2.24, 2.45) is 5.10 Å². The van der Waals surface area contributed by atoms with Gasteiger partial charge in [0, 0.05) is 18.9 Å². The third-order valence-electron chi connectivity index (χ3n) is 2.65. The minimum Gasteiger partial charge on any atom is -0.481 e. The summed E-state index contributed by atoms with van der Waals surface area (Å²) in [4.78, 5) is 26.7. The molecular weight excluding hydrogens is 250 g/mol. The average molecular weight is 263 g/mol. The van der Waals surface area contributed by atoms with Crippen LogP contribution < -0.4 is 4.74 Å². The Morgan fingerprint density at radius 2 is 2.26 bits per heavy atom. The maximum atomic E-state index is 11.7. The largest absolute Gasteiger partial charge is 0.481 e. The first kappa shape index (κ1) is 13.0. The van der Waals surface area contributed by atoms with E-state index in [1.165, 1.54) is 7.11 Å². The first-order valence-electron chi connectivity index (χ1n) is 5.71. The van der Waals surface area contributed by atoms with Crippen LogP contribution in [0.4, 0.5) is 0 Å². The summed E-state index contributed by atoms with van der Waals surface area (Å²) < 4.78 is 4.99. The Morgan fingerprint density at radius 1 is 1.47 bits per heavy atom. The lowest BCUT2D eigenvalue weighted by molar-refractivity contribution is -0.133. The molecule has 100 valence electrons. The molecule has 0 saturated heterocycles. The lowest BCUT2D eigenvalue weighted by Gasteiger charge is -2.21. The summed E-state index contributed by atoms with van der Waals surface area (Å²) in [6, 6.07) is 5.16. The van der Waals surface area contributed by atoms with Crippen LogP contribution in [0.5, 0.6) is 5.88 Å². The number of carboxylic acids is 1. The molecule has 0 fully saturated rings. The third-order valence-corrected chi connectivity index (χ3v) is 2.65. The van der Waals surface area contributed by atoms with Gasteiger partial charge in [0.1, 0.15) is 5.71 Å². The number of methoxy groups -OCH3 is 1. The van der Waals surface area contributed by atoms with Crippen molar-refractivity contribution < 1.29 is 19.4 Å². The Hall–Kier alpha value is -2.44. The second-order valence-corrected chi connectivity index (χ2v) is 3.97. The van der Waals surface area contributed by atoms with Crippen molar-refractivity contribution in [2.75, 3.05) is 7.11 Å². The highest BCUT2D eigenvalue weighted by Crippen LogP contribution is 2.14. The van der Waals surface area contributed by atoms with Crippen LogP contribution >= 0.6 is 0 Å². The number of rotatable bonds is 4. The van der Waals surface area contributed by atoms with Crippen molar-refractivity contribution in [3.05, 3.63) is 23.9 Å². The van der Waals surface area contributed by atoms with Crippen LogP contribution in [-0.2, 0) is 16.1 Å². The van der Waals surface area contributed by atoms with E-state index in [0.717, 1.165) is 5.01 Å². The molecule has 19 heavy (non-hydrogen) atoms. The molecule has 0 aliphatic carbocycles. The number of amides is 1. The van der Waals surface area contributed by atoms with Gasteiger partial charge in [-0.2, -0.15) is 5.10 Å². The number of nitrogens with zero attached hydrogens (tertiary/aromatic N) is 3. The van der Waals surface area contributed by atoms with Crippen LogP contribution in [0, 0.1) is 0 Å². The highest BCUT2D eigenvalue weighted by Gasteiger charge is 2.24. The summed E-state index contributed by atoms with van der Waals surface area (Å²) in [5, 5.41) is 13.9. The average Bonchev–Trinajstić information content (AvgIpc) is 2.41. The molecule has 2 heterocycles.